The van der Waals surface area contributed by atoms with Crippen molar-refractivity contribution in [3.8, 4) is 0 Å². The zero-order chi connectivity index (χ0) is 21.6. The summed E-state index contributed by atoms with van der Waals surface area (Å²) in [6.45, 7) is 8.28. The molecule has 3 N–H and O–H groups in total. The lowest BCUT2D eigenvalue weighted by molar-refractivity contribution is -0.906. The number of hydrogen-bond donors (Lipinski definition) is 3. The standard InChI is InChI=1S/C23H31N3O3S/c1-18-10-14-26(15-11-18)13-5-12-24-23(27)20-7-4-9-22(17-20)30(28,29)25-21-8-3-6-19(2)16-21/h3-4,6-9,16-18,25H,5,10-15H2,1-2H3,(H,24,27)/p+1. The molecule has 6 nitrogen and oxygen atoms in total. The van der Waals surface area contributed by atoms with E-state index in [-0.39, 0.29) is 10.8 Å². The molecule has 1 heterocycles. The van der Waals surface area contributed by atoms with E-state index in [0.29, 0.717) is 17.8 Å². The van der Waals surface area contributed by atoms with E-state index in [1.807, 2.05) is 13.0 Å². The Balaban J connectivity index is 1.54. The van der Waals surface area contributed by atoms with Crippen LogP contribution in [-0.4, -0.2) is 40.5 Å². The quantitative estimate of drug-likeness (QED) is 0.562. The third kappa shape index (κ3) is 6.31. The Morgan fingerprint density at radius 1 is 1.10 bits per heavy atom. The lowest BCUT2D eigenvalue weighted by Crippen LogP contribution is -3.13. The van der Waals surface area contributed by atoms with E-state index in [2.05, 4.69) is 17.0 Å². The SMILES string of the molecule is Cc1cccc(NS(=O)(=O)c2cccc(C(=O)NCCC[NH+]3CCC(C)CC3)c2)c1. The van der Waals surface area contributed by atoms with Gasteiger partial charge in [-0.25, -0.2) is 8.42 Å². The molecule has 1 saturated heterocycles. The minimum absolute atomic E-state index is 0.0727. The highest BCUT2D eigenvalue weighted by atomic mass is 32.2. The Labute approximate surface area is 179 Å². The fraction of sp³-hybridized carbons (Fsp3) is 0.435. The predicted molar refractivity (Wildman–Crippen MR) is 119 cm³/mol. The first-order chi connectivity index (χ1) is 14.3. The molecule has 1 aliphatic rings. The van der Waals surface area contributed by atoms with Crippen molar-refractivity contribution in [2.45, 2.75) is 38.0 Å². The molecule has 0 unspecified atom stereocenters. The van der Waals surface area contributed by atoms with Gasteiger partial charge < -0.3 is 10.2 Å². The van der Waals surface area contributed by atoms with Crippen molar-refractivity contribution in [2.24, 2.45) is 5.92 Å². The Kier molecular flexibility index (Phi) is 7.50. The van der Waals surface area contributed by atoms with Gasteiger partial charge in [0.05, 0.1) is 24.5 Å². The third-order valence-electron chi connectivity index (χ3n) is 5.65. The highest BCUT2D eigenvalue weighted by molar-refractivity contribution is 7.92. The van der Waals surface area contributed by atoms with E-state index in [1.54, 1.807) is 35.2 Å². The summed E-state index contributed by atoms with van der Waals surface area (Å²) in [6.07, 6.45) is 3.47. The van der Waals surface area contributed by atoms with Crippen molar-refractivity contribution in [1.29, 1.82) is 0 Å². The van der Waals surface area contributed by atoms with Crippen molar-refractivity contribution >= 4 is 21.6 Å². The number of nitrogens with one attached hydrogen (secondary N) is 3. The first-order valence-electron chi connectivity index (χ1n) is 10.6. The largest absolute Gasteiger partial charge is 0.352 e. The summed E-state index contributed by atoms with van der Waals surface area (Å²) < 4.78 is 28.0. The number of likely N-dealkylation sites (tertiary alicyclic amines) is 1. The van der Waals surface area contributed by atoms with Gasteiger partial charge >= 0.3 is 0 Å². The van der Waals surface area contributed by atoms with Gasteiger partial charge in [0.2, 0.25) is 0 Å². The summed E-state index contributed by atoms with van der Waals surface area (Å²) in [6, 6.07) is 13.3. The number of hydrogen-bond acceptors (Lipinski definition) is 3. The molecule has 3 rings (SSSR count). The second-order valence-electron chi connectivity index (χ2n) is 8.29. The second kappa shape index (κ2) is 10.1. The average Bonchev–Trinajstić information content (AvgIpc) is 2.72. The molecule has 1 amide bonds. The monoisotopic (exact) mass is 430 g/mol. The first kappa shape index (κ1) is 22.3. The average molecular weight is 431 g/mol. The van der Waals surface area contributed by atoms with E-state index in [0.717, 1.165) is 24.4 Å². The summed E-state index contributed by atoms with van der Waals surface area (Å²) in [4.78, 5) is 14.2. The molecule has 0 aliphatic carbocycles. The number of anilines is 1. The second-order valence-corrected chi connectivity index (χ2v) is 9.98. The van der Waals surface area contributed by atoms with Crippen LogP contribution in [0.5, 0.6) is 0 Å². The number of carbonyl (C=O) groups excluding carboxylic acids is 1. The maximum Gasteiger partial charge on any atom is 0.261 e. The van der Waals surface area contributed by atoms with Crippen molar-refractivity contribution in [2.75, 3.05) is 30.9 Å². The van der Waals surface area contributed by atoms with Gasteiger partial charge in [-0.15, -0.1) is 0 Å². The van der Waals surface area contributed by atoms with Crippen LogP contribution < -0.4 is 14.9 Å². The van der Waals surface area contributed by atoms with Crippen molar-refractivity contribution in [3.05, 3.63) is 59.7 Å². The maximum atomic E-state index is 12.7. The highest BCUT2D eigenvalue weighted by Gasteiger charge is 2.19. The summed E-state index contributed by atoms with van der Waals surface area (Å²) in [7, 11) is -3.76. The van der Waals surface area contributed by atoms with Crippen molar-refractivity contribution in [1.82, 2.24) is 5.32 Å². The van der Waals surface area contributed by atoms with Gasteiger partial charge in [-0.05, 0) is 61.6 Å². The molecule has 162 valence electrons. The van der Waals surface area contributed by atoms with E-state index < -0.39 is 10.0 Å². The van der Waals surface area contributed by atoms with Gasteiger partial charge in [0.15, 0.2) is 0 Å². The van der Waals surface area contributed by atoms with E-state index in [4.69, 9.17) is 0 Å². The molecule has 0 aromatic heterocycles. The molecular formula is C23H32N3O3S+. The normalized spacial score (nSPS) is 19.3. The molecule has 0 atom stereocenters. The maximum absolute atomic E-state index is 12.7. The minimum Gasteiger partial charge on any atom is -0.352 e. The lowest BCUT2D eigenvalue weighted by Gasteiger charge is -2.27. The van der Waals surface area contributed by atoms with Crippen LogP contribution in [0, 0.1) is 12.8 Å². The number of carbonyl (C=O) groups is 1. The van der Waals surface area contributed by atoms with Gasteiger partial charge in [-0.3, -0.25) is 9.52 Å². The van der Waals surface area contributed by atoms with Gasteiger partial charge in [-0.1, -0.05) is 25.1 Å². The van der Waals surface area contributed by atoms with E-state index >= 15 is 0 Å². The van der Waals surface area contributed by atoms with Crippen LogP contribution in [0.3, 0.4) is 0 Å². The number of piperidine rings is 1. The zero-order valence-corrected chi connectivity index (χ0v) is 18.6. The van der Waals surface area contributed by atoms with E-state index in [9.17, 15) is 13.2 Å². The molecule has 2 aromatic rings. The molecule has 0 spiro atoms. The van der Waals surface area contributed by atoms with Crippen LogP contribution >= 0.6 is 0 Å². The molecule has 0 radical (unpaired) electrons. The van der Waals surface area contributed by atoms with Crippen LogP contribution in [0.15, 0.2) is 53.4 Å². The Morgan fingerprint density at radius 3 is 2.57 bits per heavy atom. The topological polar surface area (TPSA) is 79.7 Å². The number of quaternary nitrogens is 1. The van der Waals surface area contributed by atoms with Crippen LogP contribution in [0.25, 0.3) is 0 Å². The summed E-state index contributed by atoms with van der Waals surface area (Å²) >= 11 is 0. The number of aryl methyl sites for hydroxylation is 1. The van der Waals surface area contributed by atoms with Crippen molar-refractivity contribution < 1.29 is 18.1 Å². The highest BCUT2D eigenvalue weighted by Crippen LogP contribution is 2.18. The number of rotatable bonds is 8. The number of amides is 1. The van der Waals surface area contributed by atoms with Gasteiger partial charge in [0.25, 0.3) is 15.9 Å². The van der Waals surface area contributed by atoms with Crippen LogP contribution in [-0.2, 0) is 10.0 Å². The van der Waals surface area contributed by atoms with Gasteiger partial charge in [0, 0.05) is 24.2 Å². The molecule has 7 heteroatoms. The van der Waals surface area contributed by atoms with Gasteiger partial charge in [0.1, 0.15) is 0 Å². The Hall–Kier alpha value is -2.38. The summed E-state index contributed by atoms with van der Waals surface area (Å²) in [5.74, 6) is 0.585. The number of sulfonamides is 1. The van der Waals surface area contributed by atoms with Crippen molar-refractivity contribution in [3.63, 3.8) is 0 Å². The Morgan fingerprint density at radius 2 is 1.83 bits per heavy atom. The number of benzene rings is 2. The molecule has 2 aromatic carbocycles. The van der Waals surface area contributed by atoms with Crippen LogP contribution in [0.4, 0.5) is 5.69 Å². The van der Waals surface area contributed by atoms with Crippen LogP contribution in [0.2, 0.25) is 0 Å². The third-order valence-corrected chi connectivity index (χ3v) is 7.03. The van der Waals surface area contributed by atoms with Gasteiger partial charge in [-0.2, -0.15) is 0 Å². The molecule has 30 heavy (non-hydrogen) atoms. The summed E-state index contributed by atoms with van der Waals surface area (Å²) in [5.41, 5.74) is 1.81. The molecular weight excluding hydrogens is 398 g/mol. The smallest absolute Gasteiger partial charge is 0.261 e. The minimum atomic E-state index is -3.76. The van der Waals surface area contributed by atoms with E-state index in [1.165, 1.54) is 38.1 Å². The molecule has 1 aliphatic heterocycles. The Bertz CT molecular complexity index is 967. The molecule has 0 bridgehead atoms. The zero-order valence-electron chi connectivity index (χ0n) is 17.8. The summed E-state index contributed by atoms with van der Waals surface area (Å²) in [5, 5.41) is 2.92. The molecule has 1 fully saturated rings. The fourth-order valence-electron chi connectivity index (χ4n) is 3.79. The predicted octanol–water partition coefficient (Wildman–Crippen LogP) is 2.23. The van der Waals surface area contributed by atoms with Crippen LogP contribution in [0.1, 0.15) is 42.1 Å². The molecule has 0 saturated carbocycles. The first-order valence-corrected chi connectivity index (χ1v) is 12.1. The fourth-order valence-corrected chi connectivity index (χ4v) is 4.88. The lowest BCUT2D eigenvalue weighted by atomic mass is 9.99.